The Morgan fingerprint density at radius 1 is 1.13 bits per heavy atom. The van der Waals surface area contributed by atoms with Crippen LogP contribution in [0, 0.1) is 11.3 Å². The molecule has 2 aliphatic rings. The van der Waals surface area contributed by atoms with Gasteiger partial charge in [0.25, 0.3) is 0 Å². The molecule has 1 saturated carbocycles. The van der Waals surface area contributed by atoms with Crippen molar-refractivity contribution in [3.63, 3.8) is 0 Å². The second-order valence-corrected chi connectivity index (χ2v) is 9.69. The lowest BCUT2D eigenvalue weighted by molar-refractivity contribution is -0.123. The first-order chi connectivity index (χ1) is 15.2. The van der Waals surface area contributed by atoms with Crippen molar-refractivity contribution in [1.29, 1.82) is 0 Å². The average Bonchev–Trinajstić information content (AvgIpc) is 3.31. The zero-order valence-corrected chi connectivity index (χ0v) is 18.5. The SMILES string of the molecule is O=C(NCCc1ccccn1)C1CC12CCN(Cc1nc(-c3ccccc3)cs1)CC2. The topological polar surface area (TPSA) is 58.1 Å². The number of rotatable bonds is 7. The molecule has 0 radical (unpaired) electrons. The highest BCUT2D eigenvalue weighted by Gasteiger charge is 2.58. The highest BCUT2D eigenvalue weighted by Crippen LogP contribution is 2.59. The fourth-order valence-corrected chi connectivity index (χ4v) is 5.57. The van der Waals surface area contributed by atoms with Gasteiger partial charge in [0.2, 0.25) is 5.91 Å². The number of aromatic nitrogens is 2. The van der Waals surface area contributed by atoms with Crippen molar-refractivity contribution < 1.29 is 4.79 Å². The van der Waals surface area contributed by atoms with Gasteiger partial charge in [0.15, 0.2) is 0 Å². The number of thiazole rings is 1. The number of carbonyl (C=O) groups excluding carboxylic acids is 1. The van der Waals surface area contributed by atoms with Crippen molar-refractivity contribution >= 4 is 17.2 Å². The van der Waals surface area contributed by atoms with Crippen molar-refractivity contribution in [3.8, 4) is 11.3 Å². The summed E-state index contributed by atoms with van der Waals surface area (Å²) in [6, 6.07) is 16.3. The van der Waals surface area contributed by atoms with Crippen LogP contribution in [-0.4, -0.2) is 40.4 Å². The third-order valence-electron chi connectivity index (χ3n) is 6.74. The Labute approximate surface area is 187 Å². The van der Waals surface area contributed by atoms with Crippen LogP contribution in [0.15, 0.2) is 60.1 Å². The molecule has 2 aromatic heterocycles. The van der Waals surface area contributed by atoms with Crippen LogP contribution < -0.4 is 5.32 Å². The molecular formula is C25H28N4OS. The molecule has 1 aliphatic carbocycles. The average molecular weight is 433 g/mol. The summed E-state index contributed by atoms with van der Waals surface area (Å²) in [5.41, 5.74) is 3.51. The summed E-state index contributed by atoms with van der Waals surface area (Å²) in [5.74, 6) is 0.430. The Hall–Kier alpha value is -2.57. The van der Waals surface area contributed by atoms with E-state index in [2.05, 4.69) is 44.8 Å². The summed E-state index contributed by atoms with van der Waals surface area (Å²) in [6.07, 6.45) is 5.87. The third kappa shape index (κ3) is 4.70. The number of nitrogens with one attached hydrogen (secondary N) is 1. The van der Waals surface area contributed by atoms with Gasteiger partial charge >= 0.3 is 0 Å². The van der Waals surface area contributed by atoms with Crippen LogP contribution in [0.3, 0.4) is 0 Å². The first-order valence-corrected chi connectivity index (χ1v) is 12.0. The minimum absolute atomic E-state index is 0.197. The van der Waals surface area contributed by atoms with Crippen LogP contribution in [0.4, 0.5) is 0 Å². The van der Waals surface area contributed by atoms with E-state index in [1.54, 1.807) is 17.5 Å². The van der Waals surface area contributed by atoms with E-state index in [-0.39, 0.29) is 17.2 Å². The second kappa shape index (κ2) is 8.89. The van der Waals surface area contributed by atoms with Crippen LogP contribution >= 0.6 is 11.3 Å². The van der Waals surface area contributed by atoms with E-state index in [4.69, 9.17) is 4.98 Å². The van der Waals surface area contributed by atoms with Gasteiger partial charge in [-0.05, 0) is 49.9 Å². The molecule has 5 nitrogen and oxygen atoms in total. The monoisotopic (exact) mass is 432 g/mol. The number of carbonyl (C=O) groups is 1. The number of likely N-dealkylation sites (tertiary alicyclic amines) is 1. The van der Waals surface area contributed by atoms with E-state index >= 15 is 0 Å². The van der Waals surface area contributed by atoms with Crippen LogP contribution in [-0.2, 0) is 17.8 Å². The lowest BCUT2D eigenvalue weighted by Crippen LogP contribution is -2.37. The normalized spacial score (nSPS) is 19.9. The van der Waals surface area contributed by atoms with Gasteiger partial charge in [-0.15, -0.1) is 11.3 Å². The van der Waals surface area contributed by atoms with Crippen molar-refractivity contribution in [2.75, 3.05) is 19.6 Å². The summed E-state index contributed by atoms with van der Waals surface area (Å²) in [7, 11) is 0. The van der Waals surface area contributed by atoms with Crippen molar-refractivity contribution in [2.45, 2.75) is 32.2 Å². The molecule has 160 valence electrons. The van der Waals surface area contributed by atoms with E-state index in [1.807, 2.05) is 24.3 Å². The predicted octanol–water partition coefficient (Wildman–Crippen LogP) is 4.17. The quantitative estimate of drug-likeness (QED) is 0.609. The lowest BCUT2D eigenvalue weighted by atomic mass is 9.90. The molecule has 5 rings (SSSR count). The molecule has 6 heteroatoms. The largest absolute Gasteiger partial charge is 0.355 e. The van der Waals surface area contributed by atoms with Gasteiger partial charge in [0.05, 0.1) is 12.2 Å². The second-order valence-electron chi connectivity index (χ2n) is 8.75. The number of piperidine rings is 1. The molecule has 3 aromatic rings. The molecule has 1 amide bonds. The van der Waals surface area contributed by atoms with Crippen molar-refractivity contribution in [2.24, 2.45) is 11.3 Å². The Bertz CT molecular complexity index is 1010. The van der Waals surface area contributed by atoms with E-state index in [9.17, 15) is 4.79 Å². The van der Waals surface area contributed by atoms with E-state index in [0.29, 0.717) is 6.54 Å². The minimum atomic E-state index is 0.197. The summed E-state index contributed by atoms with van der Waals surface area (Å²) < 4.78 is 0. The molecule has 1 atom stereocenters. The smallest absolute Gasteiger partial charge is 0.223 e. The van der Waals surface area contributed by atoms with E-state index in [1.165, 1.54) is 10.6 Å². The van der Waals surface area contributed by atoms with Gasteiger partial charge < -0.3 is 5.32 Å². The van der Waals surface area contributed by atoms with Crippen molar-refractivity contribution in [3.05, 3.63) is 70.8 Å². The third-order valence-corrected chi connectivity index (χ3v) is 7.58. The Morgan fingerprint density at radius 2 is 1.94 bits per heavy atom. The number of amides is 1. The fraction of sp³-hybridized carbons (Fsp3) is 0.400. The minimum Gasteiger partial charge on any atom is -0.355 e. The first kappa shape index (κ1) is 20.3. The number of nitrogens with zero attached hydrogens (tertiary/aromatic N) is 3. The molecule has 1 N–H and O–H groups in total. The number of benzene rings is 1. The van der Waals surface area contributed by atoms with Gasteiger partial charge in [-0.2, -0.15) is 0 Å². The predicted molar refractivity (Wildman–Crippen MR) is 124 cm³/mol. The Kier molecular flexibility index (Phi) is 5.83. The molecular weight excluding hydrogens is 404 g/mol. The maximum Gasteiger partial charge on any atom is 0.223 e. The maximum atomic E-state index is 12.6. The standard InChI is InChI=1S/C25H28N4OS/c30-24(27-13-9-20-8-4-5-12-26-20)21-16-25(21)10-14-29(15-11-25)17-23-28-22(18-31-23)19-6-2-1-3-7-19/h1-8,12,18,21H,9-11,13-17H2,(H,27,30). The number of hydrogen-bond acceptors (Lipinski definition) is 5. The molecule has 3 heterocycles. The van der Waals surface area contributed by atoms with Crippen LogP contribution in [0.25, 0.3) is 11.3 Å². The van der Waals surface area contributed by atoms with Gasteiger partial charge in [-0.3, -0.25) is 14.7 Å². The zero-order chi connectivity index (χ0) is 21.1. The first-order valence-electron chi connectivity index (χ1n) is 11.1. The summed E-state index contributed by atoms with van der Waals surface area (Å²) >= 11 is 1.74. The van der Waals surface area contributed by atoms with E-state index < -0.39 is 0 Å². The summed E-state index contributed by atoms with van der Waals surface area (Å²) in [5, 5.41) is 6.46. The molecule has 1 unspecified atom stereocenters. The Balaban J connectivity index is 1.07. The maximum absolute atomic E-state index is 12.6. The summed E-state index contributed by atoms with van der Waals surface area (Å²) in [6.45, 7) is 3.69. The Morgan fingerprint density at radius 3 is 2.71 bits per heavy atom. The molecule has 2 fully saturated rings. The highest BCUT2D eigenvalue weighted by atomic mass is 32.1. The van der Waals surface area contributed by atoms with Crippen LogP contribution in [0.5, 0.6) is 0 Å². The lowest BCUT2D eigenvalue weighted by Gasteiger charge is -2.32. The fourth-order valence-electron chi connectivity index (χ4n) is 4.73. The van der Waals surface area contributed by atoms with Crippen LogP contribution in [0.1, 0.15) is 30.0 Å². The molecule has 1 aliphatic heterocycles. The molecule has 31 heavy (non-hydrogen) atoms. The van der Waals surface area contributed by atoms with Gasteiger partial charge in [0, 0.05) is 41.7 Å². The van der Waals surface area contributed by atoms with Gasteiger partial charge in [-0.25, -0.2) is 4.98 Å². The molecule has 0 bridgehead atoms. The molecule has 1 aromatic carbocycles. The zero-order valence-electron chi connectivity index (χ0n) is 17.7. The van der Waals surface area contributed by atoms with Gasteiger partial charge in [0.1, 0.15) is 5.01 Å². The van der Waals surface area contributed by atoms with Crippen molar-refractivity contribution in [1.82, 2.24) is 20.2 Å². The van der Waals surface area contributed by atoms with Gasteiger partial charge in [-0.1, -0.05) is 36.4 Å². The number of hydrogen-bond donors (Lipinski definition) is 1. The highest BCUT2D eigenvalue weighted by molar-refractivity contribution is 7.09. The molecule has 1 saturated heterocycles. The molecule has 1 spiro atoms. The summed E-state index contributed by atoms with van der Waals surface area (Å²) in [4.78, 5) is 24.3. The van der Waals surface area contributed by atoms with E-state index in [0.717, 1.165) is 56.7 Å². The van der Waals surface area contributed by atoms with Crippen LogP contribution in [0.2, 0.25) is 0 Å². The number of pyridine rings is 1.